The number of rotatable bonds is 6. The van der Waals surface area contributed by atoms with Crippen molar-refractivity contribution in [1.82, 2.24) is 4.98 Å². The van der Waals surface area contributed by atoms with Crippen LogP contribution in [0.2, 0.25) is 0 Å². The summed E-state index contributed by atoms with van der Waals surface area (Å²) in [5.41, 5.74) is 3.51. The number of halogens is 1. The topological polar surface area (TPSA) is 47.1 Å². The van der Waals surface area contributed by atoms with Gasteiger partial charge in [-0.25, -0.2) is 9.37 Å². The molecule has 0 bridgehead atoms. The van der Waals surface area contributed by atoms with Crippen LogP contribution in [0.15, 0.2) is 54.6 Å². The predicted octanol–water partition coefficient (Wildman–Crippen LogP) is 4.24. The van der Waals surface area contributed by atoms with E-state index in [-0.39, 0.29) is 5.75 Å². The van der Waals surface area contributed by atoms with Gasteiger partial charge in [0.15, 0.2) is 11.6 Å². The first-order valence-electron chi connectivity index (χ1n) is 10.2. The van der Waals surface area contributed by atoms with Crippen LogP contribution in [-0.2, 0) is 0 Å². The minimum atomic E-state index is -0.417. The summed E-state index contributed by atoms with van der Waals surface area (Å²) in [6.07, 6.45) is 0. The van der Waals surface area contributed by atoms with Gasteiger partial charge in [-0.3, -0.25) is 0 Å². The van der Waals surface area contributed by atoms with E-state index in [4.69, 9.17) is 14.2 Å². The van der Waals surface area contributed by atoms with Crippen molar-refractivity contribution in [3.8, 4) is 28.6 Å². The van der Waals surface area contributed by atoms with E-state index < -0.39 is 5.82 Å². The highest BCUT2D eigenvalue weighted by Gasteiger charge is 2.22. The number of piperazine rings is 1. The Morgan fingerprint density at radius 3 is 2.10 bits per heavy atom. The fraction of sp³-hybridized carbons (Fsp3) is 0.292. The zero-order chi connectivity index (χ0) is 21.8. The van der Waals surface area contributed by atoms with Crippen molar-refractivity contribution in [3.63, 3.8) is 0 Å². The molecule has 7 heteroatoms. The first-order chi connectivity index (χ1) is 15.1. The highest BCUT2D eigenvalue weighted by atomic mass is 19.1. The number of anilines is 2. The van der Waals surface area contributed by atoms with E-state index in [0.29, 0.717) is 17.1 Å². The summed E-state index contributed by atoms with van der Waals surface area (Å²) in [6.45, 7) is 3.39. The third-order valence-corrected chi connectivity index (χ3v) is 5.54. The number of methoxy groups -OCH3 is 3. The number of hydrogen-bond donors (Lipinski definition) is 0. The van der Waals surface area contributed by atoms with Crippen LogP contribution in [0, 0.1) is 5.82 Å². The van der Waals surface area contributed by atoms with Gasteiger partial charge in [-0.2, -0.15) is 0 Å². The van der Waals surface area contributed by atoms with E-state index >= 15 is 0 Å². The minimum Gasteiger partial charge on any atom is -0.497 e. The van der Waals surface area contributed by atoms with Gasteiger partial charge in [0.25, 0.3) is 0 Å². The molecule has 4 rings (SSSR count). The van der Waals surface area contributed by atoms with Crippen molar-refractivity contribution >= 4 is 11.4 Å². The van der Waals surface area contributed by atoms with Crippen LogP contribution in [0.25, 0.3) is 11.3 Å². The molecule has 0 atom stereocenters. The number of nitrogens with zero attached hydrogens (tertiary/aromatic N) is 3. The molecular formula is C24H26FN3O3. The summed E-state index contributed by atoms with van der Waals surface area (Å²) in [6, 6.07) is 16.8. The molecule has 0 saturated carbocycles. The SMILES string of the molecule is COc1ccc(N2CCN(c3ccc(OC)nc3-c3ccc(OC)c(F)c3)CC2)cc1. The summed E-state index contributed by atoms with van der Waals surface area (Å²) in [5, 5.41) is 0. The predicted molar refractivity (Wildman–Crippen MR) is 120 cm³/mol. The summed E-state index contributed by atoms with van der Waals surface area (Å²) in [4.78, 5) is 9.26. The maximum absolute atomic E-state index is 14.4. The number of pyridine rings is 1. The average Bonchev–Trinajstić information content (AvgIpc) is 2.84. The monoisotopic (exact) mass is 423 g/mol. The molecule has 1 saturated heterocycles. The van der Waals surface area contributed by atoms with Gasteiger partial charge in [0.05, 0.1) is 32.7 Å². The molecule has 0 unspecified atom stereocenters. The highest BCUT2D eigenvalue weighted by molar-refractivity contribution is 5.76. The highest BCUT2D eigenvalue weighted by Crippen LogP contribution is 2.34. The van der Waals surface area contributed by atoms with Crippen molar-refractivity contribution in [1.29, 1.82) is 0 Å². The molecule has 6 nitrogen and oxygen atoms in total. The lowest BCUT2D eigenvalue weighted by Gasteiger charge is -2.38. The molecule has 1 aliphatic rings. The molecule has 2 heterocycles. The molecule has 31 heavy (non-hydrogen) atoms. The number of ether oxygens (including phenoxy) is 3. The molecule has 2 aromatic carbocycles. The van der Waals surface area contributed by atoms with Gasteiger partial charge in [-0.05, 0) is 48.5 Å². The van der Waals surface area contributed by atoms with Gasteiger partial charge < -0.3 is 24.0 Å². The molecule has 0 amide bonds. The van der Waals surface area contributed by atoms with Gasteiger partial charge >= 0.3 is 0 Å². The van der Waals surface area contributed by atoms with Crippen LogP contribution < -0.4 is 24.0 Å². The average molecular weight is 423 g/mol. The Hall–Kier alpha value is -3.48. The van der Waals surface area contributed by atoms with E-state index in [1.165, 1.54) is 18.9 Å². The van der Waals surface area contributed by atoms with Gasteiger partial charge in [0.2, 0.25) is 5.88 Å². The Morgan fingerprint density at radius 2 is 1.48 bits per heavy atom. The number of benzene rings is 2. The molecule has 0 radical (unpaired) electrons. The number of aromatic nitrogens is 1. The largest absolute Gasteiger partial charge is 0.497 e. The summed E-state index contributed by atoms with van der Waals surface area (Å²) in [5.74, 6) is 1.14. The molecule has 1 fully saturated rings. The minimum absolute atomic E-state index is 0.210. The van der Waals surface area contributed by atoms with Crippen molar-refractivity contribution in [3.05, 3.63) is 60.4 Å². The van der Waals surface area contributed by atoms with Gasteiger partial charge in [0.1, 0.15) is 5.75 Å². The third kappa shape index (κ3) is 4.35. The van der Waals surface area contributed by atoms with Crippen LogP contribution in [0.3, 0.4) is 0 Å². The van der Waals surface area contributed by atoms with Gasteiger partial charge in [0, 0.05) is 43.5 Å². The molecule has 3 aromatic rings. The molecule has 0 spiro atoms. The Labute approximate surface area is 181 Å². The Bertz CT molecular complexity index is 1030. The Morgan fingerprint density at radius 1 is 0.774 bits per heavy atom. The zero-order valence-corrected chi connectivity index (χ0v) is 18.0. The normalized spacial score (nSPS) is 13.8. The maximum Gasteiger partial charge on any atom is 0.213 e. The molecule has 1 aliphatic heterocycles. The lowest BCUT2D eigenvalue weighted by Crippen LogP contribution is -2.46. The first-order valence-corrected chi connectivity index (χ1v) is 10.2. The quantitative estimate of drug-likeness (QED) is 0.591. The molecule has 162 valence electrons. The molecule has 0 aliphatic carbocycles. The van der Waals surface area contributed by atoms with Crippen LogP contribution >= 0.6 is 0 Å². The first kappa shape index (κ1) is 20.8. The van der Waals surface area contributed by atoms with Crippen LogP contribution in [-0.4, -0.2) is 52.5 Å². The third-order valence-electron chi connectivity index (χ3n) is 5.54. The molecule has 1 aromatic heterocycles. The smallest absolute Gasteiger partial charge is 0.213 e. The lowest BCUT2D eigenvalue weighted by molar-refractivity contribution is 0.386. The molecule has 0 N–H and O–H groups in total. The van der Waals surface area contributed by atoms with Crippen molar-refractivity contribution in [2.24, 2.45) is 0 Å². The fourth-order valence-electron chi connectivity index (χ4n) is 3.83. The van der Waals surface area contributed by atoms with E-state index in [2.05, 4.69) is 26.9 Å². The van der Waals surface area contributed by atoms with Gasteiger partial charge in [-0.15, -0.1) is 0 Å². The maximum atomic E-state index is 14.4. The van der Waals surface area contributed by atoms with E-state index in [1.54, 1.807) is 20.3 Å². The summed E-state index contributed by atoms with van der Waals surface area (Å²) in [7, 11) is 4.70. The second kappa shape index (κ2) is 9.12. The van der Waals surface area contributed by atoms with Crippen molar-refractivity contribution in [2.75, 3.05) is 57.3 Å². The standard InChI is InChI=1S/C24H26FN3O3/c1-29-19-7-5-18(6-8-19)27-12-14-28(15-13-27)21-9-11-23(31-3)26-24(21)17-4-10-22(30-2)20(25)16-17/h4-11,16H,12-15H2,1-3H3. The van der Waals surface area contributed by atoms with E-state index in [1.807, 2.05) is 30.3 Å². The van der Waals surface area contributed by atoms with Crippen molar-refractivity contribution in [2.45, 2.75) is 0 Å². The fourth-order valence-corrected chi connectivity index (χ4v) is 3.83. The van der Waals surface area contributed by atoms with Crippen LogP contribution in [0.4, 0.5) is 15.8 Å². The lowest BCUT2D eigenvalue weighted by atomic mass is 10.1. The second-order valence-electron chi connectivity index (χ2n) is 7.24. The summed E-state index contributed by atoms with van der Waals surface area (Å²) < 4.78 is 30.0. The second-order valence-corrected chi connectivity index (χ2v) is 7.24. The number of hydrogen-bond acceptors (Lipinski definition) is 6. The van der Waals surface area contributed by atoms with Crippen molar-refractivity contribution < 1.29 is 18.6 Å². The Balaban J connectivity index is 1.58. The zero-order valence-electron chi connectivity index (χ0n) is 18.0. The van der Waals surface area contributed by atoms with E-state index in [0.717, 1.165) is 37.6 Å². The van der Waals surface area contributed by atoms with Crippen LogP contribution in [0.5, 0.6) is 17.4 Å². The molecular weight excluding hydrogens is 397 g/mol. The van der Waals surface area contributed by atoms with Crippen LogP contribution in [0.1, 0.15) is 0 Å². The Kier molecular flexibility index (Phi) is 6.11. The van der Waals surface area contributed by atoms with Gasteiger partial charge in [-0.1, -0.05) is 0 Å². The summed E-state index contributed by atoms with van der Waals surface area (Å²) >= 11 is 0. The van der Waals surface area contributed by atoms with E-state index in [9.17, 15) is 4.39 Å².